The molecule has 132 valence electrons. The second-order valence-corrected chi connectivity index (χ2v) is 5.87. The summed E-state index contributed by atoms with van der Waals surface area (Å²) >= 11 is 0. The molecule has 1 atom stereocenters. The van der Waals surface area contributed by atoms with Gasteiger partial charge in [0.25, 0.3) is 0 Å². The maximum Gasteiger partial charge on any atom is 0.247 e. The van der Waals surface area contributed by atoms with Crippen molar-refractivity contribution in [3.63, 3.8) is 0 Å². The molecule has 0 fully saturated rings. The van der Waals surface area contributed by atoms with Crippen LogP contribution in [0.4, 0.5) is 5.95 Å². The monoisotopic (exact) mass is 349 g/mol. The van der Waals surface area contributed by atoms with E-state index in [-0.39, 0.29) is 6.10 Å². The maximum absolute atomic E-state index is 5.54. The third-order valence-electron chi connectivity index (χ3n) is 4.06. The third kappa shape index (κ3) is 3.14. The van der Waals surface area contributed by atoms with Gasteiger partial charge in [-0.25, -0.2) is 4.52 Å². The smallest absolute Gasteiger partial charge is 0.247 e. The zero-order chi connectivity index (χ0) is 17.9. The normalized spacial score (nSPS) is 19.6. The molecule has 8 nitrogen and oxygen atoms in total. The molecule has 3 aromatic heterocycles. The fourth-order valence-electron chi connectivity index (χ4n) is 2.81. The molecule has 0 aliphatic heterocycles. The fraction of sp³-hybridized carbons (Fsp3) is 0.222. The topological polar surface area (TPSA) is 82.2 Å². The molecule has 1 unspecified atom stereocenters. The number of ether oxygens (including phenoxy) is 1. The molecule has 0 radical (unpaired) electrons. The molecule has 1 aliphatic rings. The summed E-state index contributed by atoms with van der Waals surface area (Å²) in [5, 5.41) is 12.0. The van der Waals surface area contributed by atoms with Crippen molar-refractivity contribution < 1.29 is 4.74 Å². The van der Waals surface area contributed by atoms with Gasteiger partial charge in [-0.1, -0.05) is 30.4 Å². The van der Waals surface area contributed by atoms with Gasteiger partial charge in [-0.3, -0.25) is 9.67 Å². The molecule has 4 rings (SSSR count). The van der Waals surface area contributed by atoms with Crippen LogP contribution in [-0.2, 0) is 11.8 Å². The molecule has 8 heteroatoms. The van der Waals surface area contributed by atoms with Crippen LogP contribution in [0, 0.1) is 0 Å². The Morgan fingerprint density at radius 1 is 1.31 bits per heavy atom. The predicted octanol–water partition coefficient (Wildman–Crippen LogP) is 2.35. The minimum atomic E-state index is -0.178. The largest absolute Gasteiger partial charge is 0.371 e. The second kappa shape index (κ2) is 6.93. The van der Waals surface area contributed by atoms with Gasteiger partial charge in [0.15, 0.2) is 5.65 Å². The first-order valence-corrected chi connectivity index (χ1v) is 8.28. The Morgan fingerprint density at radius 2 is 2.23 bits per heavy atom. The van der Waals surface area contributed by atoms with Gasteiger partial charge in [-0.05, 0) is 6.42 Å². The summed E-state index contributed by atoms with van der Waals surface area (Å²) < 4.78 is 8.99. The van der Waals surface area contributed by atoms with E-state index in [0.29, 0.717) is 11.6 Å². The predicted molar refractivity (Wildman–Crippen MR) is 98.4 cm³/mol. The molecule has 0 spiro atoms. The number of hydrogen-bond acceptors (Lipinski definition) is 6. The van der Waals surface area contributed by atoms with Crippen molar-refractivity contribution >= 4 is 11.6 Å². The number of rotatable bonds is 4. The van der Waals surface area contributed by atoms with Gasteiger partial charge in [-0.15, -0.1) is 5.10 Å². The van der Waals surface area contributed by atoms with E-state index >= 15 is 0 Å². The number of aryl methyl sites for hydroxylation is 1. The standard InChI is InChI=1S/C18H19N7O/c1-24-12-13(11-20-24)16-17-22-18(23-25(17)10-9-19-16)21-14-7-5-3-4-6-8-15(14)26-2/h3-4,6-12,15H,5H2,1-2H3,(H,21,23)/b4-3-,8-6-,14-7?. The molecule has 1 N–H and O–H groups in total. The number of methoxy groups -OCH3 is 1. The molecule has 0 saturated heterocycles. The van der Waals surface area contributed by atoms with Crippen LogP contribution >= 0.6 is 0 Å². The zero-order valence-electron chi connectivity index (χ0n) is 14.6. The highest BCUT2D eigenvalue weighted by atomic mass is 16.5. The number of fused-ring (bicyclic) bond motifs is 1. The van der Waals surface area contributed by atoms with Crippen molar-refractivity contribution in [2.75, 3.05) is 12.4 Å². The molecule has 1 aliphatic carbocycles. The first kappa shape index (κ1) is 16.2. The van der Waals surface area contributed by atoms with E-state index in [1.54, 1.807) is 34.9 Å². The minimum absolute atomic E-state index is 0.178. The van der Waals surface area contributed by atoms with Crippen molar-refractivity contribution in [2.24, 2.45) is 7.05 Å². The second-order valence-electron chi connectivity index (χ2n) is 5.87. The van der Waals surface area contributed by atoms with Crippen LogP contribution < -0.4 is 5.32 Å². The van der Waals surface area contributed by atoms with Gasteiger partial charge < -0.3 is 10.1 Å². The summed E-state index contributed by atoms with van der Waals surface area (Å²) in [7, 11) is 3.55. The fourth-order valence-corrected chi connectivity index (χ4v) is 2.81. The van der Waals surface area contributed by atoms with Crippen LogP contribution in [0.2, 0.25) is 0 Å². The maximum atomic E-state index is 5.54. The number of hydrogen-bond donors (Lipinski definition) is 1. The van der Waals surface area contributed by atoms with Crippen LogP contribution in [0.5, 0.6) is 0 Å². The Hall–Kier alpha value is -3.26. The van der Waals surface area contributed by atoms with Gasteiger partial charge in [0.05, 0.1) is 6.20 Å². The molecule has 3 aromatic rings. The molecule has 0 bridgehead atoms. The SMILES string of the molecule is COC1/C=C\C=C/CC=C1Nc1nc2c(-c3cnn(C)c3)nccn2n1. The number of nitrogens with zero attached hydrogens (tertiary/aromatic N) is 6. The Kier molecular flexibility index (Phi) is 4.32. The molecular formula is C18H19N7O. The van der Waals surface area contributed by atoms with Crippen LogP contribution in [0.3, 0.4) is 0 Å². The first-order chi connectivity index (χ1) is 12.7. The van der Waals surface area contributed by atoms with E-state index in [9.17, 15) is 0 Å². The van der Waals surface area contributed by atoms with Gasteiger partial charge >= 0.3 is 0 Å². The first-order valence-electron chi connectivity index (χ1n) is 8.28. The highest BCUT2D eigenvalue weighted by Crippen LogP contribution is 2.22. The van der Waals surface area contributed by atoms with E-state index in [1.165, 1.54) is 0 Å². The number of allylic oxidation sites excluding steroid dienone is 4. The summed E-state index contributed by atoms with van der Waals surface area (Å²) in [6, 6.07) is 0. The van der Waals surface area contributed by atoms with Gasteiger partial charge in [0, 0.05) is 44.0 Å². The molecule has 0 aromatic carbocycles. The number of aromatic nitrogens is 6. The zero-order valence-corrected chi connectivity index (χ0v) is 14.6. The Bertz CT molecular complexity index is 1010. The van der Waals surface area contributed by atoms with Crippen LogP contribution in [0.15, 0.2) is 60.9 Å². The summed E-state index contributed by atoms with van der Waals surface area (Å²) in [4.78, 5) is 9.06. The lowest BCUT2D eigenvalue weighted by atomic mass is 10.1. The third-order valence-corrected chi connectivity index (χ3v) is 4.06. The van der Waals surface area contributed by atoms with Gasteiger partial charge in [0.2, 0.25) is 5.95 Å². The molecule has 26 heavy (non-hydrogen) atoms. The Balaban J connectivity index is 1.70. The van der Waals surface area contributed by atoms with Crippen molar-refractivity contribution in [1.82, 2.24) is 29.4 Å². The Morgan fingerprint density at radius 3 is 3.04 bits per heavy atom. The summed E-state index contributed by atoms with van der Waals surface area (Å²) in [6.07, 6.45) is 17.9. The van der Waals surface area contributed by atoms with E-state index in [2.05, 4.69) is 37.6 Å². The molecule has 0 amide bonds. The van der Waals surface area contributed by atoms with Crippen LogP contribution in [0.1, 0.15) is 6.42 Å². The average Bonchev–Trinajstić information content (AvgIpc) is 3.23. The lowest BCUT2D eigenvalue weighted by Gasteiger charge is -2.16. The van der Waals surface area contributed by atoms with Crippen LogP contribution in [-0.4, -0.2) is 42.6 Å². The lowest BCUT2D eigenvalue weighted by Crippen LogP contribution is -2.18. The summed E-state index contributed by atoms with van der Waals surface area (Å²) in [5.74, 6) is 0.495. The van der Waals surface area contributed by atoms with Crippen molar-refractivity contribution in [3.8, 4) is 11.3 Å². The van der Waals surface area contributed by atoms with E-state index < -0.39 is 0 Å². The highest BCUT2D eigenvalue weighted by molar-refractivity contribution is 5.73. The van der Waals surface area contributed by atoms with E-state index in [0.717, 1.165) is 23.4 Å². The quantitative estimate of drug-likeness (QED) is 0.779. The van der Waals surface area contributed by atoms with Gasteiger partial charge in [-0.2, -0.15) is 10.1 Å². The summed E-state index contributed by atoms with van der Waals surface area (Å²) in [5.41, 5.74) is 3.20. The van der Waals surface area contributed by atoms with Gasteiger partial charge in [0.1, 0.15) is 11.8 Å². The van der Waals surface area contributed by atoms with E-state index in [4.69, 9.17) is 4.74 Å². The number of nitrogens with one attached hydrogen (secondary N) is 1. The summed E-state index contributed by atoms with van der Waals surface area (Å²) in [6.45, 7) is 0. The Labute approximate surface area is 150 Å². The van der Waals surface area contributed by atoms with Crippen molar-refractivity contribution in [3.05, 3.63) is 60.9 Å². The van der Waals surface area contributed by atoms with Crippen molar-refractivity contribution in [1.29, 1.82) is 0 Å². The molecule has 0 saturated carbocycles. The highest BCUT2D eigenvalue weighted by Gasteiger charge is 2.16. The van der Waals surface area contributed by atoms with E-state index in [1.807, 2.05) is 31.5 Å². The van der Waals surface area contributed by atoms with Crippen LogP contribution in [0.25, 0.3) is 16.9 Å². The minimum Gasteiger partial charge on any atom is -0.371 e. The van der Waals surface area contributed by atoms with Crippen molar-refractivity contribution in [2.45, 2.75) is 12.5 Å². The molecule has 3 heterocycles. The molecular weight excluding hydrogens is 330 g/mol. The number of anilines is 1. The lowest BCUT2D eigenvalue weighted by molar-refractivity contribution is 0.169. The average molecular weight is 349 g/mol.